The van der Waals surface area contributed by atoms with Crippen LogP contribution >= 0.6 is 7.82 Å². The maximum Gasteiger partial charge on any atom is 0.472 e. The summed E-state index contributed by atoms with van der Waals surface area (Å²) in [7, 11) is -3.93. The Hall–Kier alpha value is 0.0700. The highest BCUT2D eigenvalue weighted by Gasteiger charge is 2.23. The van der Waals surface area contributed by atoms with E-state index in [2.05, 4.69) is 6.92 Å². The number of phosphoric ester groups is 1. The largest absolute Gasteiger partial charge is 0.472 e. The quantitative estimate of drug-likeness (QED) is 0.245. The fourth-order valence-electron chi connectivity index (χ4n) is 2.75. The molecule has 0 saturated heterocycles. The Labute approximate surface area is 149 Å². The molecular weight excluding hydrogens is 325 g/mol. The molecule has 24 heavy (non-hydrogen) atoms. The maximum atomic E-state index is 11.6. The van der Waals surface area contributed by atoms with Gasteiger partial charge in [0.1, 0.15) is 0 Å². The molecule has 3 N–H and O–H groups in total. The Balaban J connectivity index is 3.36. The van der Waals surface area contributed by atoms with Gasteiger partial charge in [0.15, 0.2) is 0 Å². The molecule has 0 aliphatic carbocycles. The molecule has 0 aromatic rings. The molecule has 0 aromatic carbocycles. The third-order valence-corrected chi connectivity index (χ3v) is 5.28. The Morgan fingerprint density at radius 1 is 0.917 bits per heavy atom. The van der Waals surface area contributed by atoms with Gasteiger partial charge in [-0.2, -0.15) is 0 Å². The van der Waals surface area contributed by atoms with Crippen molar-refractivity contribution < 1.29 is 18.5 Å². The summed E-state index contributed by atoms with van der Waals surface area (Å²) in [4.78, 5) is 9.46. The minimum absolute atomic E-state index is 0.0408. The van der Waals surface area contributed by atoms with E-state index in [0.717, 1.165) is 19.3 Å². The van der Waals surface area contributed by atoms with Crippen LogP contribution in [0.5, 0.6) is 0 Å². The number of hydrogen-bond donors (Lipinski definition) is 2. The Morgan fingerprint density at radius 3 is 1.83 bits per heavy atom. The molecule has 0 aliphatic rings. The average molecular weight is 365 g/mol. The molecule has 6 heteroatoms. The van der Waals surface area contributed by atoms with Crippen LogP contribution in [0.15, 0.2) is 0 Å². The van der Waals surface area contributed by atoms with Crippen LogP contribution in [-0.2, 0) is 13.6 Å². The van der Waals surface area contributed by atoms with E-state index in [0.29, 0.717) is 0 Å². The van der Waals surface area contributed by atoms with Gasteiger partial charge in [0.05, 0.1) is 12.7 Å². The molecule has 0 rings (SSSR count). The number of rotatable bonds is 18. The highest BCUT2D eigenvalue weighted by molar-refractivity contribution is 7.47. The van der Waals surface area contributed by atoms with Crippen molar-refractivity contribution >= 4 is 7.82 Å². The number of unbranched alkanes of at least 4 members (excludes halogenated alkanes) is 11. The predicted molar refractivity (Wildman–Crippen MR) is 101 cm³/mol. The van der Waals surface area contributed by atoms with Crippen molar-refractivity contribution in [1.82, 2.24) is 0 Å². The zero-order valence-electron chi connectivity index (χ0n) is 15.9. The molecule has 2 atom stereocenters. The normalized spacial score (nSPS) is 15.3. The summed E-state index contributed by atoms with van der Waals surface area (Å²) >= 11 is 0. The van der Waals surface area contributed by atoms with Crippen molar-refractivity contribution in [1.29, 1.82) is 0 Å². The average Bonchev–Trinajstić information content (AvgIpc) is 2.53. The van der Waals surface area contributed by atoms with Gasteiger partial charge >= 0.3 is 7.82 Å². The minimum Gasteiger partial charge on any atom is -0.328 e. The van der Waals surface area contributed by atoms with Gasteiger partial charge in [-0.25, -0.2) is 4.57 Å². The third-order valence-electron chi connectivity index (χ3n) is 4.15. The van der Waals surface area contributed by atoms with Gasteiger partial charge in [0.25, 0.3) is 0 Å². The minimum atomic E-state index is -3.93. The van der Waals surface area contributed by atoms with Crippen molar-refractivity contribution in [2.75, 3.05) is 13.2 Å². The topological polar surface area (TPSA) is 81.8 Å². The Kier molecular flexibility index (Phi) is 16.6. The maximum absolute atomic E-state index is 11.6. The highest BCUT2D eigenvalue weighted by Crippen LogP contribution is 2.44. The molecule has 5 nitrogen and oxygen atoms in total. The molecule has 0 aliphatic heterocycles. The van der Waals surface area contributed by atoms with Crippen LogP contribution < -0.4 is 5.73 Å². The van der Waals surface area contributed by atoms with E-state index in [1.807, 2.05) is 6.92 Å². The van der Waals surface area contributed by atoms with Crippen molar-refractivity contribution in [3.63, 3.8) is 0 Å². The lowest BCUT2D eigenvalue weighted by Crippen LogP contribution is -2.11. The van der Waals surface area contributed by atoms with E-state index in [9.17, 15) is 9.46 Å². The Morgan fingerprint density at radius 2 is 1.38 bits per heavy atom. The standard InChI is InChI=1S/C18H40NO4P/c1-3-4-5-6-7-8-9-10-11-12-13-14-15-18(2)23-24(20,21)22-17-16-19/h18H,3-17,19H2,1-2H3,(H,20,21). The van der Waals surface area contributed by atoms with Crippen LogP contribution in [0.1, 0.15) is 97.3 Å². The van der Waals surface area contributed by atoms with Gasteiger partial charge in [-0.3, -0.25) is 9.05 Å². The van der Waals surface area contributed by atoms with E-state index in [1.54, 1.807) is 0 Å². The zero-order valence-corrected chi connectivity index (χ0v) is 16.8. The first-order valence-corrected chi connectivity index (χ1v) is 11.4. The lowest BCUT2D eigenvalue weighted by molar-refractivity contribution is 0.109. The summed E-state index contributed by atoms with van der Waals surface area (Å²) in [6.07, 6.45) is 16.2. The highest BCUT2D eigenvalue weighted by atomic mass is 31.2. The third kappa shape index (κ3) is 16.9. The fraction of sp³-hybridized carbons (Fsp3) is 1.00. The van der Waals surface area contributed by atoms with Crippen LogP contribution in [0.3, 0.4) is 0 Å². The van der Waals surface area contributed by atoms with Gasteiger partial charge in [-0.05, 0) is 13.3 Å². The molecule has 2 unspecified atom stereocenters. The van der Waals surface area contributed by atoms with E-state index < -0.39 is 7.82 Å². The van der Waals surface area contributed by atoms with Crippen LogP contribution in [-0.4, -0.2) is 24.1 Å². The second kappa shape index (κ2) is 16.5. The predicted octanol–water partition coefficient (Wildman–Crippen LogP) is 5.56. The van der Waals surface area contributed by atoms with E-state index in [1.165, 1.54) is 64.2 Å². The first-order chi connectivity index (χ1) is 11.5. The van der Waals surface area contributed by atoms with Crippen molar-refractivity contribution in [3.05, 3.63) is 0 Å². The molecule has 0 heterocycles. The summed E-state index contributed by atoms with van der Waals surface area (Å²) in [5.74, 6) is 0. The van der Waals surface area contributed by atoms with E-state index >= 15 is 0 Å². The van der Waals surface area contributed by atoms with Crippen LogP contribution in [0.25, 0.3) is 0 Å². The Bertz CT molecular complexity index is 315. The first kappa shape index (κ1) is 24.1. The summed E-state index contributed by atoms with van der Waals surface area (Å²) in [6, 6.07) is 0. The zero-order chi connectivity index (χ0) is 18.1. The molecule has 146 valence electrons. The summed E-state index contributed by atoms with van der Waals surface area (Å²) in [5.41, 5.74) is 5.24. The molecular formula is C18H40NO4P. The van der Waals surface area contributed by atoms with Gasteiger partial charge in [0, 0.05) is 6.54 Å². The number of phosphoric acid groups is 1. The van der Waals surface area contributed by atoms with Crippen molar-refractivity contribution in [3.8, 4) is 0 Å². The van der Waals surface area contributed by atoms with E-state index in [4.69, 9.17) is 14.8 Å². The second-order valence-electron chi connectivity index (χ2n) is 6.68. The van der Waals surface area contributed by atoms with Crippen molar-refractivity contribution in [2.45, 2.75) is 103 Å². The summed E-state index contributed by atoms with van der Waals surface area (Å²) < 4.78 is 21.4. The summed E-state index contributed by atoms with van der Waals surface area (Å²) in [6.45, 7) is 4.32. The van der Waals surface area contributed by atoms with Crippen LogP contribution in [0, 0.1) is 0 Å². The van der Waals surface area contributed by atoms with Gasteiger partial charge in [-0.1, -0.05) is 84.0 Å². The number of nitrogens with two attached hydrogens (primary N) is 1. The SMILES string of the molecule is CCCCCCCCCCCCCCC(C)OP(=O)(O)OCCN. The van der Waals surface area contributed by atoms with Crippen LogP contribution in [0.2, 0.25) is 0 Å². The molecule has 0 spiro atoms. The molecule has 0 aromatic heterocycles. The van der Waals surface area contributed by atoms with Gasteiger partial charge in [-0.15, -0.1) is 0 Å². The summed E-state index contributed by atoms with van der Waals surface area (Å²) in [5, 5.41) is 0. The number of hydrogen-bond acceptors (Lipinski definition) is 4. The molecule has 0 saturated carbocycles. The lowest BCUT2D eigenvalue weighted by atomic mass is 10.0. The molecule has 0 fully saturated rings. The molecule has 0 radical (unpaired) electrons. The fourth-order valence-corrected chi connectivity index (χ4v) is 3.71. The second-order valence-corrected chi connectivity index (χ2v) is 8.09. The lowest BCUT2D eigenvalue weighted by Gasteiger charge is -2.17. The van der Waals surface area contributed by atoms with Gasteiger partial charge < -0.3 is 10.6 Å². The smallest absolute Gasteiger partial charge is 0.328 e. The monoisotopic (exact) mass is 365 g/mol. The van der Waals surface area contributed by atoms with Crippen molar-refractivity contribution in [2.24, 2.45) is 5.73 Å². The van der Waals surface area contributed by atoms with Gasteiger partial charge in [0.2, 0.25) is 0 Å². The first-order valence-electron chi connectivity index (χ1n) is 9.87. The molecule has 0 amide bonds. The molecule has 0 bridgehead atoms. The van der Waals surface area contributed by atoms with E-state index in [-0.39, 0.29) is 19.3 Å². The van der Waals surface area contributed by atoms with Crippen LogP contribution in [0.4, 0.5) is 0 Å².